The van der Waals surface area contributed by atoms with Gasteiger partial charge in [-0.3, -0.25) is 9.59 Å². The van der Waals surface area contributed by atoms with Gasteiger partial charge in [0.05, 0.1) is 12.1 Å². The van der Waals surface area contributed by atoms with Gasteiger partial charge in [-0.25, -0.2) is 9.37 Å². The minimum atomic E-state index is -0.277. The zero-order chi connectivity index (χ0) is 28.4. The highest BCUT2D eigenvalue weighted by molar-refractivity contribution is 6.29. The highest BCUT2D eigenvalue weighted by atomic mass is 35.5. The summed E-state index contributed by atoms with van der Waals surface area (Å²) < 4.78 is 13.3. The quantitative estimate of drug-likeness (QED) is 0.138. The number of ketones is 1. The van der Waals surface area contributed by atoms with Crippen molar-refractivity contribution in [3.05, 3.63) is 63.7 Å². The van der Waals surface area contributed by atoms with Gasteiger partial charge in [0.25, 0.3) is 0 Å². The molecule has 0 N–H and O–H groups in total. The number of carbonyl (C=O) groups excluding carboxylic acids is 2. The Morgan fingerprint density at radius 1 is 1.10 bits per heavy atom. The molecule has 1 atom stereocenters. The molecular weight excluding hydrogens is 513 g/mol. The molecule has 1 fully saturated rings. The third-order valence-corrected chi connectivity index (χ3v) is 8.27. The minimum Gasteiger partial charge on any atom is -0.339 e. The number of carbonyl (C=O) groups is 2. The van der Waals surface area contributed by atoms with E-state index in [0.29, 0.717) is 35.3 Å². The molecule has 1 aliphatic heterocycles. The van der Waals surface area contributed by atoms with Crippen LogP contribution >= 0.6 is 11.6 Å². The van der Waals surface area contributed by atoms with E-state index in [-0.39, 0.29) is 23.5 Å². The van der Waals surface area contributed by atoms with Gasteiger partial charge in [0, 0.05) is 43.7 Å². The van der Waals surface area contributed by atoms with E-state index in [4.69, 9.17) is 11.6 Å². The van der Waals surface area contributed by atoms with Crippen LogP contribution in [-0.2, 0) is 11.2 Å². The van der Waals surface area contributed by atoms with E-state index in [2.05, 4.69) is 28.6 Å². The van der Waals surface area contributed by atoms with Crippen LogP contribution in [0.5, 0.6) is 0 Å². The lowest BCUT2D eigenvalue weighted by atomic mass is 9.96. The fraction of sp³-hybridized carbons (Fsp3) is 0.594. The van der Waals surface area contributed by atoms with Gasteiger partial charge in [-0.1, -0.05) is 49.9 Å². The number of nitrogens with zero attached hydrogens (tertiary/aromatic N) is 3. The molecule has 7 heteroatoms. The van der Waals surface area contributed by atoms with Crippen molar-refractivity contribution < 1.29 is 14.0 Å². The number of aryl methyl sites for hydroxylation is 2. The van der Waals surface area contributed by atoms with Crippen LogP contribution in [0, 0.1) is 19.7 Å². The summed E-state index contributed by atoms with van der Waals surface area (Å²) in [5, 5.41) is 0.426. The monoisotopic (exact) mass is 557 g/mol. The molecular formula is C32H45ClFN3O2. The van der Waals surface area contributed by atoms with Crippen LogP contribution in [0.3, 0.4) is 0 Å². The number of likely N-dealkylation sites (tertiary alicyclic amines) is 1. The summed E-state index contributed by atoms with van der Waals surface area (Å²) in [7, 11) is 0. The summed E-state index contributed by atoms with van der Waals surface area (Å²) >= 11 is 6.02. The molecule has 0 aliphatic carbocycles. The number of piperidine rings is 1. The Kier molecular flexibility index (Phi) is 12.4. The minimum absolute atomic E-state index is 0.137. The molecule has 1 saturated heterocycles. The van der Waals surface area contributed by atoms with Crippen molar-refractivity contribution in [3.63, 3.8) is 0 Å². The van der Waals surface area contributed by atoms with Gasteiger partial charge in [-0.05, 0) is 82.2 Å². The van der Waals surface area contributed by atoms with E-state index in [1.165, 1.54) is 25.0 Å². The van der Waals surface area contributed by atoms with Crippen LogP contribution in [0.25, 0.3) is 0 Å². The van der Waals surface area contributed by atoms with Gasteiger partial charge < -0.3 is 9.80 Å². The summed E-state index contributed by atoms with van der Waals surface area (Å²) in [5.41, 5.74) is 3.16. The second kappa shape index (κ2) is 15.5. The highest BCUT2D eigenvalue weighted by Gasteiger charge is 2.29. The molecule has 3 rings (SSSR count). The van der Waals surface area contributed by atoms with E-state index in [0.717, 1.165) is 69.3 Å². The van der Waals surface area contributed by atoms with Crippen LogP contribution in [0.15, 0.2) is 30.3 Å². The average Bonchev–Trinajstić information content (AvgIpc) is 2.89. The molecule has 0 bridgehead atoms. The topological polar surface area (TPSA) is 53.5 Å². The first-order valence-corrected chi connectivity index (χ1v) is 15.0. The van der Waals surface area contributed by atoms with Gasteiger partial charge in [0.1, 0.15) is 11.0 Å². The van der Waals surface area contributed by atoms with E-state index < -0.39 is 0 Å². The van der Waals surface area contributed by atoms with Crippen LogP contribution in [0.1, 0.15) is 98.8 Å². The summed E-state index contributed by atoms with van der Waals surface area (Å²) in [4.78, 5) is 35.1. The maximum Gasteiger partial charge on any atom is 0.227 e. The van der Waals surface area contributed by atoms with E-state index in [9.17, 15) is 14.0 Å². The Hall–Kier alpha value is -2.31. The normalized spacial score (nSPS) is 15.3. The Morgan fingerprint density at radius 3 is 2.44 bits per heavy atom. The van der Waals surface area contributed by atoms with Gasteiger partial charge in [0.2, 0.25) is 5.91 Å². The number of benzene rings is 1. The van der Waals surface area contributed by atoms with Gasteiger partial charge in [-0.15, -0.1) is 0 Å². The number of unbranched alkanes of at least 4 members (excludes halogenated alkanes) is 3. The number of halogens is 2. The summed E-state index contributed by atoms with van der Waals surface area (Å²) in [6.07, 6.45) is 9.05. The number of amides is 1. The van der Waals surface area contributed by atoms with Crippen molar-refractivity contribution in [1.29, 1.82) is 0 Å². The van der Waals surface area contributed by atoms with Crippen LogP contribution < -0.4 is 0 Å². The largest absolute Gasteiger partial charge is 0.339 e. The molecule has 2 heterocycles. The fourth-order valence-electron chi connectivity index (χ4n) is 5.81. The first kappa shape index (κ1) is 31.2. The first-order chi connectivity index (χ1) is 18.7. The van der Waals surface area contributed by atoms with E-state index >= 15 is 0 Å². The number of hydrogen-bond acceptors (Lipinski definition) is 4. The lowest BCUT2D eigenvalue weighted by molar-refractivity contribution is -0.134. The van der Waals surface area contributed by atoms with E-state index in [1.807, 2.05) is 13.8 Å². The molecule has 0 saturated carbocycles. The van der Waals surface area contributed by atoms with Crippen LogP contribution in [-0.4, -0.2) is 58.2 Å². The number of rotatable bonds is 14. The SMILES string of the molecule is CCCCCCN(C(=O)Cc1ccc(F)cc1)C1CCN([C@H](C)CCCC(=O)c2c(C)cc(Cl)nc2C)CC1. The van der Waals surface area contributed by atoms with Crippen LogP contribution in [0.2, 0.25) is 5.15 Å². The van der Waals surface area contributed by atoms with Crippen LogP contribution in [0.4, 0.5) is 4.39 Å². The van der Waals surface area contributed by atoms with Crippen molar-refractivity contribution >= 4 is 23.3 Å². The summed E-state index contributed by atoms with van der Waals surface area (Å²) in [5.74, 6) is 0.00421. The molecule has 1 aromatic heterocycles. The molecule has 1 aromatic carbocycles. The molecule has 1 aliphatic rings. The zero-order valence-electron chi connectivity index (χ0n) is 24.1. The summed E-state index contributed by atoms with van der Waals surface area (Å²) in [6.45, 7) is 10.9. The van der Waals surface area contributed by atoms with Crippen molar-refractivity contribution in [3.8, 4) is 0 Å². The second-order valence-electron chi connectivity index (χ2n) is 11.1. The van der Waals surface area contributed by atoms with Crippen molar-refractivity contribution in [2.45, 2.75) is 104 Å². The number of Topliss-reactive ketones (excluding diaryl/α,β-unsaturated/α-hetero) is 1. The maximum atomic E-state index is 13.3. The lowest BCUT2D eigenvalue weighted by Gasteiger charge is -2.41. The second-order valence-corrected chi connectivity index (χ2v) is 11.5. The van der Waals surface area contributed by atoms with Crippen molar-refractivity contribution in [1.82, 2.24) is 14.8 Å². The predicted molar refractivity (Wildman–Crippen MR) is 157 cm³/mol. The molecule has 0 radical (unpaired) electrons. The molecule has 0 spiro atoms. The number of aromatic nitrogens is 1. The van der Waals surface area contributed by atoms with Gasteiger partial charge >= 0.3 is 0 Å². The molecule has 2 aromatic rings. The smallest absolute Gasteiger partial charge is 0.227 e. The van der Waals surface area contributed by atoms with E-state index in [1.54, 1.807) is 18.2 Å². The Morgan fingerprint density at radius 2 is 1.79 bits per heavy atom. The van der Waals surface area contributed by atoms with Crippen molar-refractivity contribution in [2.75, 3.05) is 19.6 Å². The van der Waals surface area contributed by atoms with Gasteiger partial charge in [0.15, 0.2) is 5.78 Å². The Labute approximate surface area is 239 Å². The Balaban J connectivity index is 1.50. The maximum absolute atomic E-state index is 13.3. The predicted octanol–water partition coefficient (Wildman–Crippen LogP) is 7.35. The molecule has 214 valence electrons. The van der Waals surface area contributed by atoms with Crippen molar-refractivity contribution in [2.24, 2.45) is 0 Å². The summed E-state index contributed by atoms with van der Waals surface area (Å²) in [6, 6.07) is 8.66. The highest BCUT2D eigenvalue weighted by Crippen LogP contribution is 2.24. The van der Waals surface area contributed by atoms with Gasteiger partial charge in [-0.2, -0.15) is 0 Å². The lowest BCUT2D eigenvalue weighted by Crippen LogP contribution is -2.50. The third-order valence-electron chi connectivity index (χ3n) is 8.08. The zero-order valence-corrected chi connectivity index (χ0v) is 24.9. The molecule has 0 unspecified atom stereocenters. The first-order valence-electron chi connectivity index (χ1n) is 14.6. The number of pyridine rings is 1. The Bertz CT molecular complexity index is 1060. The fourth-order valence-corrected chi connectivity index (χ4v) is 6.10. The molecule has 1 amide bonds. The average molecular weight is 558 g/mol. The molecule has 5 nitrogen and oxygen atoms in total. The standard InChI is InChI=1S/C32H45ClFN3O2/c1-5-6-7-8-18-37(31(39)22-26-12-14-27(34)15-13-26)28-16-19-36(20-17-28)24(3)10-9-11-29(38)32-23(2)21-30(33)35-25(32)4/h12-15,21,24,28H,5-11,16-20,22H2,1-4H3/t24-/m1/s1. The number of hydrogen-bond donors (Lipinski definition) is 0. The molecule has 39 heavy (non-hydrogen) atoms. The third kappa shape index (κ3) is 9.39.